The Balaban J connectivity index is 2.13. The van der Waals surface area contributed by atoms with Crippen molar-refractivity contribution in [2.75, 3.05) is 25.5 Å². The lowest BCUT2D eigenvalue weighted by Crippen LogP contribution is -2.27. The zero-order valence-electron chi connectivity index (χ0n) is 13.9. The number of amides is 1. The van der Waals surface area contributed by atoms with Crippen LogP contribution in [0.2, 0.25) is 0 Å². The van der Waals surface area contributed by atoms with E-state index in [1.165, 1.54) is 0 Å². The van der Waals surface area contributed by atoms with Gasteiger partial charge in [0.2, 0.25) is 0 Å². The highest BCUT2D eigenvalue weighted by Crippen LogP contribution is 2.27. The molecule has 2 N–H and O–H groups in total. The normalized spacial score (nSPS) is 18.1. The predicted molar refractivity (Wildman–Crippen MR) is 87.5 cm³/mol. The van der Waals surface area contributed by atoms with Gasteiger partial charge < -0.3 is 14.8 Å². The monoisotopic (exact) mass is 306 g/mol. The number of ether oxygens (including phenoxy) is 2. The zero-order chi connectivity index (χ0) is 16.2. The van der Waals surface area contributed by atoms with E-state index in [4.69, 9.17) is 9.47 Å². The highest BCUT2D eigenvalue weighted by Gasteiger charge is 2.20. The summed E-state index contributed by atoms with van der Waals surface area (Å²) in [5.74, 6) is 1.33. The molecule has 1 unspecified atom stereocenters. The second-order valence-corrected chi connectivity index (χ2v) is 6.71. The summed E-state index contributed by atoms with van der Waals surface area (Å²) in [5.41, 5.74) is 1.36. The van der Waals surface area contributed by atoms with Crippen molar-refractivity contribution in [3.05, 3.63) is 23.8 Å². The van der Waals surface area contributed by atoms with Crippen LogP contribution >= 0.6 is 0 Å². The molecular weight excluding hydrogens is 280 g/mol. The number of hydrogen-bond acceptors (Lipinski definition) is 4. The van der Waals surface area contributed by atoms with E-state index < -0.39 is 11.7 Å². The summed E-state index contributed by atoms with van der Waals surface area (Å²) < 4.78 is 10.6. The average molecular weight is 306 g/mol. The maximum absolute atomic E-state index is 12.0. The molecule has 1 aliphatic rings. The van der Waals surface area contributed by atoms with Gasteiger partial charge in [0.05, 0.1) is 12.8 Å². The van der Waals surface area contributed by atoms with Crippen molar-refractivity contribution in [2.24, 2.45) is 5.92 Å². The molecule has 1 fully saturated rings. The molecule has 0 radical (unpaired) electrons. The Morgan fingerprint density at radius 2 is 2.18 bits per heavy atom. The lowest BCUT2D eigenvalue weighted by Gasteiger charge is -2.21. The third kappa shape index (κ3) is 4.91. The largest absolute Gasteiger partial charge is 0.497 e. The zero-order valence-corrected chi connectivity index (χ0v) is 13.9. The van der Waals surface area contributed by atoms with Crippen LogP contribution in [0.15, 0.2) is 18.2 Å². The number of nitrogens with one attached hydrogen (secondary N) is 2. The SMILES string of the molecule is COc1ccc(CC2CCNC2)c(NC(=O)OC(C)(C)C)c1. The van der Waals surface area contributed by atoms with E-state index in [0.717, 1.165) is 42.9 Å². The Bertz CT molecular complexity index is 517. The molecule has 0 bridgehead atoms. The molecule has 5 heteroatoms. The molecule has 122 valence electrons. The molecular formula is C17H26N2O3. The molecule has 2 rings (SSSR count). The third-order valence-electron chi connectivity index (χ3n) is 3.62. The summed E-state index contributed by atoms with van der Waals surface area (Å²) >= 11 is 0. The first kappa shape index (κ1) is 16.6. The summed E-state index contributed by atoms with van der Waals surface area (Å²) in [6.45, 7) is 7.64. The van der Waals surface area contributed by atoms with Crippen molar-refractivity contribution in [1.82, 2.24) is 5.32 Å². The van der Waals surface area contributed by atoms with Crippen LogP contribution in [0.3, 0.4) is 0 Å². The summed E-state index contributed by atoms with van der Waals surface area (Å²) in [6, 6.07) is 5.80. The fraction of sp³-hybridized carbons (Fsp3) is 0.588. The van der Waals surface area contributed by atoms with Gasteiger partial charge in [-0.3, -0.25) is 5.32 Å². The van der Waals surface area contributed by atoms with Gasteiger partial charge in [0.1, 0.15) is 11.4 Å². The summed E-state index contributed by atoms with van der Waals surface area (Å²) in [7, 11) is 1.62. The highest BCUT2D eigenvalue weighted by atomic mass is 16.6. The number of methoxy groups -OCH3 is 1. The maximum atomic E-state index is 12.0. The van der Waals surface area contributed by atoms with Crippen molar-refractivity contribution in [2.45, 2.75) is 39.2 Å². The fourth-order valence-electron chi connectivity index (χ4n) is 2.59. The topological polar surface area (TPSA) is 59.6 Å². The van der Waals surface area contributed by atoms with Crippen molar-refractivity contribution >= 4 is 11.8 Å². The van der Waals surface area contributed by atoms with Crippen molar-refractivity contribution in [3.8, 4) is 5.75 Å². The molecule has 0 saturated carbocycles. The lowest BCUT2D eigenvalue weighted by molar-refractivity contribution is 0.0635. The Labute approximate surface area is 132 Å². The molecule has 1 aromatic carbocycles. The van der Waals surface area contributed by atoms with Crippen LogP contribution in [-0.4, -0.2) is 31.9 Å². The van der Waals surface area contributed by atoms with Crippen LogP contribution in [0.5, 0.6) is 5.75 Å². The minimum atomic E-state index is -0.515. The van der Waals surface area contributed by atoms with Gasteiger partial charge in [-0.1, -0.05) is 6.07 Å². The van der Waals surface area contributed by atoms with Gasteiger partial charge in [-0.25, -0.2) is 4.79 Å². The predicted octanol–water partition coefficient (Wildman–Crippen LogP) is 3.19. The lowest BCUT2D eigenvalue weighted by atomic mass is 9.97. The number of benzene rings is 1. The minimum absolute atomic E-state index is 0.438. The van der Waals surface area contributed by atoms with E-state index in [9.17, 15) is 4.79 Å². The fourth-order valence-corrected chi connectivity index (χ4v) is 2.59. The van der Waals surface area contributed by atoms with Gasteiger partial charge in [-0.2, -0.15) is 0 Å². The number of hydrogen-bond donors (Lipinski definition) is 2. The molecule has 22 heavy (non-hydrogen) atoms. The van der Waals surface area contributed by atoms with E-state index in [0.29, 0.717) is 5.92 Å². The van der Waals surface area contributed by atoms with Gasteiger partial charge in [0.15, 0.2) is 0 Å². The van der Waals surface area contributed by atoms with Crippen LogP contribution in [0.1, 0.15) is 32.8 Å². The van der Waals surface area contributed by atoms with E-state index in [2.05, 4.69) is 10.6 Å². The second-order valence-electron chi connectivity index (χ2n) is 6.71. The summed E-state index contributed by atoms with van der Waals surface area (Å²) in [4.78, 5) is 12.0. The third-order valence-corrected chi connectivity index (χ3v) is 3.62. The van der Waals surface area contributed by atoms with Crippen molar-refractivity contribution in [3.63, 3.8) is 0 Å². The first-order valence-corrected chi connectivity index (χ1v) is 7.75. The van der Waals surface area contributed by atoms with Gasteiger partial charge in [-0.05, 0) is 64.3 Å². The van der Waals surface area contributed by atoms with Crippen molar-refractivity contribution in [1.29, 1.82) is 0 Å². The van der Waals surface area contributed by atoms with Gasteiger partial charge in [0.25, 0.3) is 0 Å². The molecule has 1 saturated heterocycles. The second kappa shape index (κ2) is 7.01. The quantitative estimate of drug-likeness (QED) is 0.897. The van der Waals surface area contributed by atoms with Crippen LogP contribution in [0, 0.1) is 5.92 Å². The molecule has 0 spiro atoms. The van der Waals surface area contributed by atoms with E-state index in [1.807, 2.05) is 39.0 Å². The van der Waals surface area contributed by atoms with Gasteiger partial charge in [-0.15, -0.1) is 0 Å². The maximum Gasteiger partial charge on any atom is 0.412 e. The molecule has 1 amide bonds. The van der Waals surface area contributed by atoms with E-state index in [-0.39, 0.29) is 0 Å². The van der Waals surface area contributed by atoms with Crippen LogP contribution in [0.4, 0.5) is 10.5 Å². The minimum Gasteiger partial charge on any atom is -0.497 e. The highest BCUT2D eigenvalue weighted by molar-refractivity contribution is 5.86. The number of anilines is 1. The van der Waals surface area contributed by atoms with Crippen LogP contribution in [-0.2, 0) is 11.2 Å². The van der Waals surface area contributed by atoms with E-state index >= 15 is 0 Å². The van der Waals surface area contributed by atoms with Crippen molar-refractivity contribution < 1.29 is 14.3 Å². The standard InChI is InChI=1S/C17H26N2O3/c1-17(2,3)22-16(20)19-15-10-14(21-4)6-5-13(15)9-12-7-8-18-11-12/h5-6,10,12,18H,7-9,11H2,1-4H3,(H,19,20). The molecule has 1 aromatic rings. The Morgan fingerprint density at radius 3 is 2.77 bits per heavy atom. The number of rotatable bonds is 4. The average Bonchev–Trinajstić information content (AvgIpc) is 2.91. The Morgan fingerprint density at radius 1 is 1.41 bits per heavy atom. The molecule has 5 nitrogen and oxygen atoms in total. The molecule has 0 aromatic heterocycles. The van der Waals surface area contributed by atoms with E-state index in [1.54, 1.807) is 7.11 Å². The molecule has 1 heterocycles. The molecule has 0 aliphatic carbocycles. The van der Waals surface area contributed by atoms with Gasteiger partial charge in [0, 0.05) is 6.07 Å². The Hall–Kier alpha value is -1.75. The van der Waals surface area contributed by atoms with Crippen LogP contribution < -0.4 is 15.4 Å². The molecule has 1 atom stereocenters. The number of carbonyl (C=O) groups excluding carboxylic acids is 1. The summed E-state index contributed by atoms with van der Waals surface area (Å²) in [5, 5.41) is 6.22. The first-order chi connectivity index (χ1) is 10.4. The van der Waals surface area contributed by atoms with Crippen LogP contribution in [0.25, 0.3) is 0 Å². The molecule has 1 aliphatic heterocycles. The van der Waals surface area contributed by atoms with Gasteiger partial charge >= 0.3 is 6.09 Å². The first-order valence-electron chi connectivity index (χ1n) is 7.75. The smallest absolute Gasteiger partial charge is 0.412 e. The number of carbonyl (C=O) groups is 1. The summed E-state index contributed by atoms with van der Waals surface area (Å²) in [6.07, 6.45) is 1.66. The Kier molecular flexibility index (Phi) is 5.29.